The molecule has 29 heavy (non-hydrogen) atoms. The Labute approximate surface area is 171 Å². The van der Waals surface area contributed by atoms with E-state index in [2.05, 4.69) is 4.90 Å². The number of benzene rings is 1. The molecule has 0 spiro atoms. The van der Waals surface area contributed by atoms with E-state index in [1.807, 2.05) is 34.1 Å². The fourth-order valence-electron chi connectivity index (χ4n) is 4.60. The number of carbonyl (C=O) groups excluding carboxylic acids is 3. The van der Waals surface area contributed by atoms with E-state index in [4.69, 9.17) is 4.74 Å². The molecule has 1 unspecified atom stereocenters. The highest BCUT2D eigenvalue weighted by atomic mass is 16.5. The van der Waals surface area contributed by atoms with Crippen molar-refractivity contribution in [3.8, 4) is 0 Å². The molecule has 0 N–H and O–H groups in total. The lowest BCUT2D eigenvalue weighted by atomic mass is 10.1. The Kier molecular flexibility index (Phi) is 5.85. The van der Waals surface area contributed by atoms with Crippen molar-refractivity contribution in [2.75, 3.05) is 50.8 Å². The summed E-state index contributed by atoms with van der Waals surface area (Å²) in [6, 6.07) is 7.86. The minimum Gasteiger partial charge on any atom is -0.381 e. The summed E-state index contributed by atoms with van der Waals surface area (Å²) in [6.07, 6.45) is 2.07. The maximum Gasteiger partial charge on any atom is 0.228 e. The van der Waals surface area contributed by atoms with Gasteiger partial charge in [-0.05, 0) is 44.0 Å². The van der Waals surface area contributed by atoms with Gasteiger partial charge in [-0.25, -0.2) is 0 Å². The molecule has 3 heterocycles. The van der Waals surface area contributed by atoms with E-state index >= 15 is 0 Å². The third kappa shape index (κ3) is 4.29. The first-order chi connectivity index (χ1) is 14.0. The SMILES string of the molecule is CC(=O)c1ccc(N2CCN(C(=O)C3CC(=O)N(C4CCOCC4)C3)CC2)cc1. The number of Topliss-reactive ketones (excluding diaryl/α,β-unsaturated/α-hetero) is 1. The van der Waals surface area contributed by atoms with Crippen LogP contribution in [-0.4, -0.2) is 79.4 Å². The van der Waals surface area contributed by atoms with Gasteiger partial charge in [-0.15, -0.1) is 0 Å². The first-order valence-electron chi connectivity index (χ1n) is 10.5. The van der Waals surface area contributed by atoms with Crippen molar-refractivity contribution in [3.05, 3.63) is 29.8 Å². The molecule has 0 saturated carbocycles. The lowest BCUT2D eigenvalue weighted by Crippen LogP contribution is -2.51. The van der Waals surface area contributed by atoms with Gasteiger partial charge in [0.05, 0.1) is 5.92 Å². The van der Waals surface area contributed by atoms with Crippen LogP contribution in [0.15, 0.2) is 24.3 Å². The maximum atomic E-state index is 13.0. The summed E-state index contributed by atoms with van der Waals surface area (Å²) >= 11 is 0. The Morgan fingerprint density at radius 2 is 1.66 bits per heavy atom. The summed E-state index contributed by atoms with van der Waals surface area (Å²) in [7, 11) is 0. The summed E-state index contributed by atoms with van der Waals surface area (Å²) in [6.45, 7) is 6.35. The van der Waals surface area contributed by atoms with Crippen molar-refractivity contribution in [1.82, 2.24) is 9.80 Å². The van der Waals surface area contributed by atoms with Crippen LogP contribution in [-0.2, 0) is 14.3 Å². The monoisotopic (exact) mass is 399 g/mol. The highest BCUT2D eigenvalue weighted by Crippen LogP contribution is 2.27. The molecule has 3 aliphatic rings. The first kappa shape index (κ1) is 19.9. The van der Waals surface area contributed by atoms with E-state index in [1.165, 1.54) is 0 Å². The van der Waals surface area contributed by atoms with Crippen molar-refractivity contribution in [2.24, 2.45) is 5.92 Å². The van der Waals surface area contributed by atoms with Gasteiger partial charge in [0.15, 0.2) is 5.78 Å². The normalized spacial score (nSPS) is 23.6. The number of anilines is 1. The summed E-state index contributed by atoms with van der Waals surface area (Å²) in [5.74, 6) is 0.0681. The molecule has 3 aliphatic heterocycles. The molecule has 2 amide bonds. The van der Waals surface area contributed by atoms with Crippen LogP contribution in [0.2, 0.25) is 0 Å². The second kappa shape index (κ2) is 8.53. The number of amides is 2. The second-order valence-corrected chi connectivity index (χ2v) is 8.21. The molecule has 1 aromatic carbocycles. The van der Waals surface area contributed by atoms with E-state index in [-0.39, 0.29) is 29.6 Å². The van der Waals surface area contributed by atoms with Crippen LogP contribution in [0, 0.1) is 5.92 Å². The standard InChI is InChI=1S/C22H29N3O4/c1-16(26)17-2-4-19(5-3-17)23-8-10-24(11-9-23)22(28)18-14-21(27)25(15-18)20-6-12-29-13-7-20/h2-5,18,20H,6-15H2,1H3. The average molecular weight is 399 g/mol. The lowest BCUT2D eigenvalue weighted by molar-refractivity contribution is -0.136. The fourth-order valence-corrected chi connectivity index (χ4v) is 4.60. The van der Waals surface area contributed by atoms with Gasteiger partial charge in [-0.3, -0.25) is 14.4 Å². The average Bonchev–Trinajstić information content (AvgIpc) is 3.15. The third-order valence-corrected chi connectivity index (χ3v) is 6.37. The van der Waals surface area contributed by atoms with Crippen LogP contribution in [0.25, 0.3) is 0 Å². The molecular formula is C22H29N3O4. The molecule has 3 fully saturated rings. The Morgan fingerprint density at radius 3 is 2.28 bits per heavy atom. The van der Waals surface area contributed by atoms with E-state index in [9.17, 15) is 14.4 Å². The molecule has 7 heteroatoms. The number of carbonyl (C=O) groups is 3. The van der Waals surface area contributed by atoms with Gasteiger partial charge in [-0.1, -0.05) is 0 Å². The van der Waals surface area contributed by atoms with Gasteiger partial charge in [0, 0.05) is 69.7 Å². The molecule has 156 valence electrons. The van der Waals surface area contributed by atoms with E-state index in [0.717, 1.165) is 31.6 Å². The molecular weight excluding hydrogens is 370 g/mol. The summed E-state index contributed by atoms with van der Waals surface area (Å²) < 4.78 is 5.39. The molecule has 0 radical (unpaired) electrons. The summed E-state index contributed by atoms with van der Waals surface area (Å²) in [5.41, 5.74) is 1.78. The zero-order chi connectivity index (χ0) is 20.4. The Hall–Kier alpha value is -2.41. The molecule has 7 nitrogen and oxygen atoms in total. The molecule has 1 aromatic rings. The van der Waals surface area contributed by atoms with Crippen molar-refractivity contribution in [1.29, 1.82) is 0 Å². The predicted octanol–water partition coefficient (Wildman–Crippen LogP) is 1.57. The highest BCUT2D eigenvalue weighted by molar-refractivity contribution is 5.94. The number of ether oxygens (including phenoxy) is 1. The number of piperazine rings is 1. The molecule has 0 aliphatic carbocycles. The van der Waals surface area contributed by atoms with Gasteiger partial charge >= 0.3 is 0 Å². The number of hydrogen-bond donors (Lipinski definition) is 0. The number of hydrogen-bond acceptors (Lipinski definition) is 5. The van der Waals surface area contributed by atoms with Crippen molar-refractivity contribution in [3.63, 3.8) is 0 Å². The number of nitrogens with zero attached hydrogens (tertiary/aromatic N) is 3. The number of likely N-dealkylation sites (tertiary alicyclic amines) is 1. The predicted molar refractivity (Wildman–Crippen MR) is 109 cm³/mol. The third-order valence-electron chi connectivity index (χ3n) is 6.37. The number of ketones is 1. The second-order valence-electron chi connectivity index (χ2n) is 8.21. The van der Waals surface area contributed by atoms with Crippen molar-refractivity contribution in [2.45, 2.75) is 32.2 Å². The molecule has 3 saturated heterocycles. The summed E-state index contributed by atoms with van der Waals surface area (Å²) in [4.78, 5) is 43.0. The van der Waals surface area contributed by atoms with Crippen LogP contribution in [0.5, 0.6) is 0 Å². The van der Waals surface area contributed by atoms with E-state index < -0.39 is 0 Å². The first-order valence-corrected chi connectivity index (χ1v) is 10.5. The smallest absolute Gasteiger partial charge is 0.228 e. The van der Waals surface area contributed by atoms with Crippen molar-refractivity contribution < 1.29 is 19.1 Å². The minimum atomic E-state index is -0.216. The molecule has 0 bridgehead atoms. The van der Waals surface area contributed by atoms with Gasteiger partial charge in [0.1, 0.15) is 0 Å². The zero-order valence-electron chi connectivity index (χ0n) is 17.0. The largest absolute Gasteiger partial charge is 0.381 e. The lowest BCUT2D eigenvalue weighted by Gasteiger charge is -2.37. The maximum absolute atomic E-state index is 13.0. The quantitative estimate of drug-likeness (QED) is 0.719. The van der Waals surface area contributed by atoms with Crippen LogP contribution < -0.4 is 4.90 Å². The van der Waals surface area contributed by atoms with Gasteiger partial charge in [0.25, 0.3) is 0 Å². The van der Waals surface area contributed by atoms with Gasteiger partial charge in [-0.2, -0.15) is 0 Å². The van der Waals surface area contributed by atoms with E-state index in [1.54, 1.807) is 6.92 Å². The van der Waals surface area contributed by atoms with E-state index in [0.29, 0.717) is 44.8 Å². The molecule has 1 atom stereocenters. The molecule has 4 rings (SSSR count). The molecule has 0 aromatic heterocycles. The summed E-state index contributed by atoms with van der Waals surface area (Å²) in [5, 5.41) is 0. The minimum absolute atomic E-state index is 0.0628. The van der Waals surface area contributed by atoms with Crippen LogP contribution in [0.4, 0.5) is 5.69 Å². The van der Waals surface area contributed by atoms with Gasteiger partial charge < -0.3 is 19.4 Å². The highest BCUT2D eigenvalue weighted by Gasteiger charge is 2.40. The zero-order valence-corrected chi connectivity index (χ0v) is 17.0. The van der Waals surface area contributed by atoms with Crippen molar-refractivity contribution >= 4 is 23.3 Å². The number of rotatable bonds is 4. The van der Waals surface area contributed by atoms with Crippen LogP contribution in [0.3, 0.4) is 0 Å². The van der Waals surface area contributed by atoms with Gasteiger partial charge in [0.2, 0.25) is 11.8 Å². The Morgan fingerprint density at radius 1 is 1.00 bits per heavy atom. The Balaban J connectivity index is 1.31. The topological polar surface area (TPSA) is 70.2 Å². The Bertz CT molecular complexity index is 765. The fraction of sp³-hybridized carbons (Fsp3) is 0.591. The van der Waals surface area contributed by atoms with Crippen LogP contribution in [0.1, 0.15) is 36.5 Å². The van der Waals surface area contributed by atoms with Crippen LogP contribution >= 0.6 is 0 Å².